The van der Waals surface area contributed by atoms with Gasteiger partial charge in [0, 0.05) is 39.4 Å². The zero-order chi connectivity index (χ0) is 23.8. The van der Waals surface area contributed by atoms with Gasteiger partial charge in [0.2, 0.25) is 0 Å². The zero-order valence-corrected chi connectivity index (χ0v) is 22.0. The molecule has 2 aliphatic heterocycles. The van der Waals surface area contributed by atoms with Crippen LogP contribution in [0.1, 0.15) is 36.0 Å². The normalized spacial score (nSPS) is 14.9. The number of fused-ring (bicyclic) bond motifs is 6. The van der Waals surface area contributed by atoms with E-state index in [0.29, 0.717) is 0 Å². The van der Waals surface area contributed by atoms with E-state index in [0.717, 1.165) is 40.3 Å². The number of alkyl halides is 2. The Morgan fingerprint density at radius 3 is 2.35 bits per heavy atom. The van der Waals surface area contributed by atoms with Crippen molar-refractivity contribution in [2.75, 3.05) is 23.9 Å². The highest BCUT2D eigenvalue weighted by Gasteiger charge is 2.40. The van der Waals surface area contributed by atoms with Crippen molar-refractivity contribution in [1.29, 1.82) is 0 Å². The van der Waals surface area contributed by atoms with Gasteiger partial charge in [-0.1, -0.05) is 47.1 Å². The highest BCUT2D eigenvalue weighted by atomic mass is 79.9. The molecule has 174 valence electrons. The van der Waals surface area contributed by atoms with Crippen molar-refractivity contribution in [3.63, 3.8) is 0 Å². The fraction of sp³-hybridized carbons (Fsp3) is 0.214. The molecule has 0 amide bonds. The van der Waals surface area contributed by atoms with Crippen molar-refractivity contribution in [3.05, 3.63) is 87.9 Å². The van der Waals surface area contributed by atoms with Gasteiger partial charge in [-0.2, -0.15) is 0 Å². The number of ether oxygens (including phenoxy) is 2. The molecule has 34 heavy (non-hydrogen) atoms. The van der Waals surface area contributed by atoms with Crippen molar-refractivity contribution in [2.24, 2.45) is 0 Å². The Bertz CT molecular complexity index is 1370. The summed E-state index contributed by atoms with van der Waals surface area (Å²) in [4.78, 5) is 2.45. The molecule has 4 aromatic rings. The second-order valence-corrected chi connectivity index (χ2v) is 9.94. The second-order valence-electron chi connectivity index (χ2n) is 8.21. The van der Waals surface area contributed by atoms with E-state index in [1.807, 2.05) is 18.2 Å². The van der Waals surface area contributed by atoms with E-state index in [1.54, 1.807) is 7.11 Å². The molecule has 4 aromatic carbocycles. The van der Waals surface area contributed by atoms with Gasteiger partial charge in [0.15, 0.2) is 0 Å². The van der Waals surface area contributed by atoms with Crippen molar-refractivity contribution >= 4 is 61.3 Å². The number of hydrogen-bond acceptors (Lipinski definition) is 3. The van der Waals surface area contributed by atoms with Crippen LogP contribution in [-0.4, -0.2) is 19.0 Å². The number of hydrogen-bond donors (Lipinski definition) is 0. The number of benzene rings is 4. The van der Waals surface area contributed by atoms with Gasteiger partial charge in [-0.15, -0.1) is 23.2 Å². The van der Waals surface area contributed by atoms with Gasteiger partial charge in [0.1, 0.15) is 17.2 Å². The Morgan fingerprint density at radius 2 is 1.62 bits per heavy atom. The largest absolute Gasteiger partial charge is 0.496 e. The third-order valence-electron chi connectivity index (χ3n) is 6.40. The summed E-state index contributed by atoms with van der Waals surface area (Å²) >= 11 is 13.2. The molecule has 0 saturated heterocycles. The molecule has 1 atom stereocenters. The Morgan fingerprint density at radius 1 is 0.912 bits per heavy atom. The lowest BCUT2D eigenvalue weighted by atomic mass is 9.76. The summed E-state index contributed by atoms with van der Waals surface area (Å²) in [5.74, 6) is 2.73. The van der Waals surface area contributed by atoms with E-state index in [1.165, 1.54) is 33.3 Å². The molecule has 6 heteroatoms. The first-order valence-electron chi connectivity index (χ1n) is 11.2. The summed E-state index contributed by atoms with van der Waals surface area (Å²) in [6, 6.07) is 23.6. The van der Waals surface area contributed by atoms with Crippen LogP contribution in [0.3, 0.4) is 0 Å². The van der Waals surface area contributed by atoms with E-state index in [9.17, 15) is 0 Å². The summed E-state index contributed by atoms with van der Waals surface area (Å²) < 4.78 is 13.4. The number of rotatable bonds is 3. The van der Waals surface area contributed by atoms with Crippen LogP contribution < -0.4 is 14.4 Å². The molecule has 2 heterocycles. The summed E-state index contributed by atoms with van der Waals surface area (Å²) in [5, 5.41) is 2.69. The molecular weight excluding hydrogens is 533 g/mol. The fourth-order valence-corrected chi connectivity index (χ4v) is 5.60. The van der Waals surface area contributed by atoms with Gasteiger partial charge >= 0.3 is 0 Å². The monoisotopic (exact) mass is 555 g/mol. The lowest BCUT2D eigenvalue weighted by Gasteiger charge is -2.42. The number of nitrogens with zero attached hydrogens (tertiary/aromatic N) is 1. The third kappa shape index (κ3) is 3.73. The molecule has 0 bridgehead atoms. The molecule has 0 unspecified atom stereocenters. The third-order valence-corrected chi connectivity index (χ3v) is 6.90. The lowest BCUT2D eigenvalue weighted by Crippen LogP contribution is -2.29. The van der Waals surface area contributed by atoms with Gasteiger partial charge in [-0.3, -0.25) is 0 Å². The van der Waals surface area contributed by atoms with E-state index in [-0.39, 0.29) is 11.3 Å². The van der Waals surface area contributed by atoms with E-state index in [4.69, 9.17) is 32.7 Å². The molecule has 3 nitrogen and oxygen atoms in total. The van der Waals surface area contributed by atoms with E-state index < -0.39 is 0 Å². The Balaban J connectivity index is 0.000000764. The van der Waals surface area contributed by atoms with Crippen LogP contribution in [0, 0.1) is 0 Å². The summed E-state index contributed by atoms with van der Waals surface area (Å²) in [7, 11) is 1.74. The maximum atomic E-state index is 6.43. The molecule has 0 aliphatic carbocycles. The van der Waals surface area contributed by atoms with Crippen LogP contribution in [-0.2, 0) is 0 Å². The van der Waals surface area contributed by atoms with Gasteiger partial charge < -0.3 is 14.4 Å². The van der Waals surface area contributed by atoms with Gasteiger partial charge in [-0.05, 0) is 65.2 Å². The average molecular weight is 557 g/mol. The van der Waals surface area contributed by atoms with Gasteiger partial charge in [0.25, 0.3) is 0 Å². The smallest absolute Gasteiger partial charge is 0.135 e. The first-order chi connectivity index (χ1) is 16.6. The van der Waals surface area contributed by atoms with Crippen LogP contribution in [0.5, 0.6) is 17.2 Å². The topological polar surface area (TPSA) is 21.7 Å². The standard InChI is InChI=1S/C27H22BrNO2.CH2Cl2/c1-3-14-29-19-6-4-8-22-25(19)27(26-21(30-2)7-5-9-23(26)31-22)24-18-12-11-17(28)15-16(18)10-13-20(24)29;2-1-3/h4-13,15,27H,3,14H2,1-2H3;1H2/t27-;/m0./s1. The van der Waals surface area contributed by atoms with Crippen LogP contribution in [0.25, 0.3) is 10.8 Å². The van der Waals surface area contributed by atoms with Crippen molar-refractivity contribution in [3.8, 4) is 17.2 Å². The Kier molecular flexibility index (Phi) is 6.65. The lowest BCUT2D eigenvalue weighted by molar-refractivity contribution is 0.393. The molecule has 6 rings (SSSR count). The van der Waals surface area contributed by atoms with Gasteiger partial charge in [-0.25, -0.2) is 0 Å². The second kappa shape index (κ2) is 9.69. The molecule has 0 aromatic heterocycles. The average Bonchev–Trinajstić information content (AvgIpc) is 2.85. The van der Waals surface area contributed by atoms with Crippen LogP contribution in [0.4, 0.5) is 11.4 Å². The minimum atomic E-state index is 0.0547. The first-order valence-corrected chi connectivity index (χ1v) is 13.1. The maximum absolute atomic E-state index is 6.43. The van der Waals surface area contributed by atoms with Crippen LogP contribution >= 0.6 is 39.1 Å². The molecule has 0 saturated carbocycles. The molecule has 0 fully saturated rings. The molecule has 0 N–H and O–H groups in total. The Labute approximate surface area is 218 Å². The molecule has 2 aliphatic rings. The zero-order valence-electron chi connectivity index (χ0n) is 18.9. The summed E-state index contributed by atoms with van der Waals surface area (Å²) in [5.41, 5.74) is 6.16. The predicted octanol–water partition coefficient (Wildman–Crippen LogP) is 9.18. The molecule has 0 spiro atoms. The number of methoxy groups -OCH3 is 1. The maximum Gasteiger partial charge on any atom is 0.135 e. The molecule has 0 radical (unpaired) electrons. The Hall–Kier alpha value is -2.40. The fourth-order valence-electron chi connectivity index (χ4n) is 5.22. The number of anilines is 2. The number of halogens is 3. The SMILES string of the molecule is CCCN1c2cccc3c2[C@@H](c2c(OC)cccc2O3)c2c1ccc1cc(Br)ccc21.ClCCl. The molecular formula is C28H24BrCl2NO2. The predicted molar refractivity (Wildman–Crippen MR) is 146 cm³/mol. The highest BCUT2D eigenvalue weighted by Crippen LogP contribution is 2.59. The first kappa shape index (κ1) is 23.3. The minimum Gasteiger partial charge on any atom is -0.496 e. The van der Waals surface area contributed by atoms with Crippen LogP contribution in [0.15, 0.2) is 71.2 Å². The van der Waals surface area contributed by atoms with Crippen molar-refractivity contribution in [1.82, 2.24) is 0 Å². The van der Waals surface area contributed by atoms with E-state index >= 15 is 0 Å². The van der Waals surface area contributed by atoms with Crippen molar-refractivity contribution < 1.29 is 9.47 Å². The summed E-state index contributed by atoms with van der Waals surface area (Å²) in [6.07, 6.45) is 1.06. The van der Waals surface area contributed by atoms with Crippen LogP contribution in [0.2, 0.25) is 0 Å². The van der Waals surface area contributed by atoms with Crippen molar-refractivity contribution in [2.45, 2.75) is 19.3 Å². The van der Waals surface area contributed by atoms with E-state index in [2.05, 4.69) is 76.3 Å². The van der Waals surface area contributed by atoms with Gasteiger partial charge in [0.05, 0.1) is 12.4 Å². The quantitative estimate of drug-likeness (QED) is 0.207. The highest BCUT2D eigenvalue weighted by molar-refractivity contribution is 9.10. The minimum absolute atomic E-state index is 0.0547. The summed E-state index contributed by atoms with van der Waals surface area (Å²) in [6.45, 7) is 3.19.